The Morgan fingerprint density at radius 1 is 1.21 bits per heavy atom. The molecule has 0 saturated heterocycles. The number of benzene rings is 1. The van der Waals surface area contributed by atoms with Crippen molar-refractivity contribution in [3.8, 4) is 0 Å². The van der Waals surface area contributed by atoms with Gasteiger partial charge in [-0.05, 0) is 61.0 Å². The van der Waals surface area contributed by atoms with Crippen molar-refractivity contribution < 1.29 is 0 Å². The molecule has 0 aliphatic heterocycles. The monoisotopic (exact) mass is 273 g/mol. The molecule has 3 N–H and O–H groups in total. The van der Waals surface area contributed by atoms with Gasteiger partial charge in [0.15, 0.2) is 5.96 Å². The van der Waals surface area contributed by atoms with Crippen LogP contribution in [-0.2, 0) is 6.54 Å². The Morgan fingerprint density at radius 2 is 1.89 bits per heavy atom. The molecule has 0 radical (unpaired) electrons. The zero-order chi connectivity index (χ0) is 13.8. The van der Waals surface area contributed by atoms with Crippen LogP contribution in [0.25, 0.3) is 0 Å². The highest BCUT2D eigenvalue weighted by molar-refractivity contribution is 7.10. The number of hydrogen-bond acceptors (Lipinski definition) is 2. The molecule has 0 aliphatic rings. The van der Waals surface area contributed by atoms with E-state index in [1.807, 2.05) is 0 Å². The Labute approximate surface area is 118 Å². The molecule has 3 nitrogen and oxygen atoms in total. The van der Waals surface area contributed by atoms with Gasteiger partial charge in [0.25, 0.3) is 0 Å². The second-order valence-electron chi connectivity index (χ2n) is 4.73. The Balaban J connectivity index is 2.04. The molecule has 0 bridgehead atoms. The topological polar surface area (TPSA) is 50.4 Å². The van der Waals surface area contributed by atoms with Crippen LogP contribution in [0.4, 0.5) is 5.69 Å². The number of hydrogen-bond donors (Lipinski definition) is 2. The molecular formula is C15H19N3S. The molecule has 4 heteroatoms. The van der Waals surface area contributed by atoms with Gasteiger partial charge in [0.05, 0.1) is 6.54 Å². The van der Waals surface area contributed by atoms with Crippen molar-refractivity contribution >= 4 is 23.0 Å². The summed E-state index contributed by atoms with van der Waals surface area (Å²) in [7, 11) is 0. The van der Waals surface area contributed by atoms with Crippen molar-refractivity contribution in [3.05, 3.63) is 51.2 Å². The maximum atomic E-state index is 5.92. The predicted molar refractivity (Wildman–Crippen MR) is 83.9 cm³/mol. The van der Waals surface area contributed by atoms with Gasteiger partial charge in [-0.15, -0.1) is 11.3 Å². The van der Waals surface area contributed by atoms with Crippen molar-refractivity contribution in [2.24, 2.45) is 10.7 Å². The predicted octanol–water partition coefficient (Wildman–Crippen LogP) is 3.60. The van der Waals surface area contributed by atoms with Crippen molar-refractivity contribution in [3.63, 3.8) is 0 Å². The summed E-state index contributed by atoms with van der Waals surface area (Å²) in [5.41, 5.74) is 10.6. The third-order valence-corrected chi connectivity index (χ3v) is 3.86. The summed E-state index contributed by atoms with van der Waals surface area (Å²) in [5.74, 6) is 0.456. The van der Waals surface area contributed by atoms with Crippen LogP contribution in [0.3, 0.4) is 0 Å². The first-order chi connectivity index (χ1) is 9.04. The molecule has 0 saturated carbocycles. The number of anilines is 1. The second kappa shape index (κ2) is 5.89. The highest BCUT2D eigenvalue weighted by atomic mass is 32.1. The van der Waals surface area contributed by atoms with Crippen molar-refractivity contribution in [1.82, 2.24) is 0 Å². The van der Waals surface area contributed by atoms with Gasteiger partial charge < -0.3 is 11.1 Å². The zero-order valence-electron chi connectivity index (χ0n) is 11.5. The van der Waals surface area contributed by atoms with Crippen LogP contribution in [0, 0.1) is 20.8 Å². The van der Waals surface area contributed by atoms with Gasteiger partial charge in [-0.3, -0.25) is 0 Å². The van der Waals surface area contributed by atoms with E-state index in [0.29, 0.717) is 12.5 Å². The van der Waals surface area contributed by atoms with Crippen molar-refractivity contribution in [2.45, 2.75) is 27.3 Å². The number of guanidine groups is 1. The summed E-state index contributed by atoms with van der Waals surface area (Å²) in [6, 6.07) is 8.36. The SMILES string of the molecule is Cc1cc(C)cc(NC(N)=NCc2sccc2C)c1. The smallest absolute Gasteiger partial charge is 0.193 e. The first-order valence-electron chi connectivity index (χ1n) is 6.23. The Bertz CT molecular complexity index is 579. The highest BCUT2D eigenvalue weighted by Crippen LogP contribution is 2.17. The van der Waals surface area contributed by atoms with E-state index in [9.17, 15) is 0 Å². The third kappa shape index (κ3) is 3.83. The molecule has 100 valence electrons. The van der Waals surface area contributed by atoms with Crippen LogP contribution >= 0.6 is 11.3 Å². The van der Waals surface area contributed by atoms with Gasteiger partial charge in [0, 0.05) is 10.6 Å². The number of nitrogens with zero attached hydrogens (tertiary/aromatic N) is 1. The van der Waals surface area contributed by atoms with Gasteiger partial charge in [-0.2, -0.15) is 0 Å². The lowest BCUT2D eigenvalue weighted by molar-refractivity contribution is 1.07. The fourth-order valence-corrected chi connectivity index (χ4v) is 2.79. The summed E-state index contributed by atoms with van der Waals surface area (Å²) in [6.45, 7) is 6.86. The average molecular weight is 273 g/mol. The summed E-state index contributed by atoms with van der Waals surface area (Å²) in [6.07, 6.45) is 0. The minimum atomic E-state index is 0.456. The van der Waals surface area contributed by atoms with E-state index in [1.165, 1.54) is 21.6 Å². The average Bonchev–Trinajstić information content (AvgIpc) is 2.71. The van der Waals surface area contributed by atoms with Crippen LogP contribution in [0.2, 0.25) is 0 Å². The van der Waals surface area contributed by atoms with E-state index in [1.54, 1.807) is 11.3 Å². The molecule has 0 spiro atoms. The fraction of sp³-hybridized carbons (Fsp3) is 0.267. The van der Waals surface area contributed by atoms with Crippen LogP contribution in [0.1, 0.15) is 21.6 Å². The molecule has 2 rings (SSSR count). The minimum Gasteiger partial charge on any atom is -0.370 e. The van der Waals surface area contributed by atoms with Crippen molar-refractivity contribution in [1.29, 1.82) is 0 Å². The number of thiophene rings is 1. The number of aliphatic imine (C=N–C) groups is 1. The van der Waals surface area contributed by atoms with Crippen LogP contribution in [-0.4, -0.2) is 5.96 Å². The number of rotatable bonds is 3. The Kier molecular flexibility index (Phi) is 4.22. The summed E-state index contributed by atoms with van der Waals surface area (Å²) < 4.78 is 0. The van der Waals surface area contributed by atoms with Gasteiger partial charge in [-0.1, -0.05) is 6.07 Å². The van der Waals surface area contributed by atoms with E-state index in [0.717, 1.165) is 5.69 Å². The number of aryl methyl sites for hydroxylation is 3. The van der Waals surface area contributed by atoms with E-state index in [-0.39, 0.29) is 0 Å². The minimum absolute atomic E-state index is 0.456. The second-order valence-corrected chi connectivity index (χ2v) is 5.73. The molecular weight excluding hydrogens is 254 g/mol. The zero-order valence-corrected chi connectivity index (χ0v) is 12.3. The molecule has 0 amide bonds. The summed E-state index contributed by atoms with van der Waals surface area (Å²) in [4.78, 5) is 5.63. The molecule has 0 atom stereocenters. The van der Waals surface area contributed by atoms with E-state index < -0.39 is 0 Å². The quantitative estimate of drug-likeness (QED) is 0.663. The summed E-state index contributed by atoms with van der Waals surface area (Å²) >= 11 is 1.71. The molecule has 19 heavy (non-hydrogen) atoms. The Hall–Kier alpha value is -1.81. The van der Waals surface area contributed by atoms with E-state index in [2.05, 4.69) is 60.7 Å². The molecule has 0 unspecified atom stereocenters. The molecule has 1 heterocycles. The van der Waals surface area contributed by atoms with Gasteiger partial charge in [0.2, 0.25) is 0 Å². The Morgan fingerprint density at radius 3 is 2.47 bits per heavy atom. The normalized spacial score (nSPS) is 11.6. The largest absolute Gasteiger partial charge is 0.370 e. The maximum absolute atomic E-state index is 5.92. The molecule has 2 aromatic rings. The van der Waals surface area contributed by atoms with E-state index in [4.69, 9.17) is 5.73 Å². The standard InChI is InChI=1S/C15H19N3S/c1-10-6-11(2)8-13(7-10)18-15(16)17-9-14-12(3)4-5-19-14/h4-8H,9H2,1-3H3,(H3,16,17,18). The summed E-state index contributed by atoms with van der Waals surface area (Å²) in [5, 5.41) is 5.21. The van der Waals surface area contributed by atoms with Gasteiger partial charge >= 0.3 is 0 Å². The lowest BCUT2D eigenvalue weighted by Gasteiger charge is -2.08. The molecule has 1 aromatic heterocycles. The first-order valence-corrected chi connectivity index (χ1v) is 7.11. The van der Waals surface area contributed by atoms with Crippen LogP contribution < -0.4 is 11.1 Å². The fourth-order valence-electron chi connectivity index (χ4n) is 1.96. The van der Waals surface area contributed by atoms with Crippen LogP contribution in [0.5, 0.6) is 0 Å². The lowest BCUT2D eigenvalue weighted by atomic mass is 10.1. The first kappa shape index (κ1) is 13.6. The van der Waals surface area contributed by atoms with Gasteiger partial charge in [-0.25, -0.2) is 4.99 Å². The van der Waals surface area contributed by atoms with E-state index >= 15 is 0 Å². The van der Waals surface area contributed by atoms with Crippen LogP contribution in [0.15, 0.2) is 34.6 Å². The third-order valence-electron chi connectivity index (χ3n) is 2.86. The molecule has 1 aromatic carbocycles. The van der Waals surface area contributed by atoms with Gasteiger partial charge in [0.1, 0.15) is 0 Å². The molecule has 0 fully saturated rings. The molecule has 0 aliphatic carbocycles. The number of nitrogens with one attached hydrogen (secondary N) is 1. The number of nitrogens with two attached hydrogens (primary N) is 1. The van der Waals surface area contributed by atoms with Crippen molar-refractivity contribution in [2.75, 3.05) is 5.32 Å². The highest BCUT2D eigenvalue weighted by Gasteiger charge is 2.00. The maximum Gasteiger partial charge on any atom is 0.193 e. The lowest BCUT2D eigenvalue weighted by Crippen LogP contribution is -2.22.